The Kier molecular flexibility index (Phi) is 7.75. The molecule has 0 radical (unpaired) electrons. The van der Waals surface area contributed by atoms with Crippen molar-refractivity contribution in [2.24, 2.45) is 0 Å². The standard InChI is InChI=1S/C24H26BrN3O5/c1-5-15(3)33-22-18(25)10-16(12-20(22)32-4)11-19-23(30)28(24(31)27-19)13-21(29)26-17-8-6-7-14(2)9-17/h6-12,15H,5,13H2,1-4H3,(H,26,29)(H,27,31)/b19-11+/t15-/m1/s1. The Morgan fingerprint density at radius 2 is 2.03 bits per heavy atom. The number of amides is 4. The van der Waals surface area contributed by atoms with Gasteiger partial charge < -0.3 is 20.1 Å². The van der Waals surface area contributed by atoms with Gasteiger partial charge in [-0.1, -0.05) is 19.1 Å². The summed E-state index contributed by atoms with van der Waals surface area (Å²) in [6, 6.07) is 10.1. The highest BCUT2D eigenvalue weighted by atomic mass is 79.9. The molecule has 9 heteroatoms. The first kappa shape index (κ1) is 24.3. The van der Waals surface area contributed by atoms with Crippen molar-refractivity contribution in [2.45, 2.75) is 33.3 Å². The van der Waals surface area contributed by atoms with E-state index in [9.17, 15) is 14.4 Å². The molecule has 1 aliphatic heterocycles. The molecule has 3 rings (SSSR count). The first-order valence-electron chi connectivity index (χ1n) is 10.5. The molecule has 1 aliphatic rings. The van der Waals surface area contributed by atoms with Gasteiger partial charge in [-0.2, -0.15) is 0 Å². The number of anilines is 1. The highest BCUT2D eigenvalue weighted by Gasteiger charge is 2.35. The van der Waals surface area contributed by atoms with Gasteiger partial charge in [-0.15, -0.1) is 0 Å². The van der Waals surface area contributed by atoms with E-state index in [1.165, 1.54) is 13.2 Å². The molecular formula is C24H26BrN3O5. The number of aryl methyl sites for hydroxylation is 1. The second-order valence-electron chi connectivity index (χ2n) is 7.67. The molecule has 1 atom stereocenters. The number of hydrogen-bond donors (Lipinski definition) is 2. The molecule has 1 saturated heterocycles. The predicted octanol–water partition coefficient (Wildman–Crippen LogP) is 4.47. The van der Waals surface area contributed by atoms with Crippen molar-refractivity contribution in [3.8, 4) is 11.5 Å². The maximum atomic E-state index is 12.8. The minimum Gasteiger partial charge on any atom is -0.493 e. The largest absolute Gasteiger partial charge is 0.493 e. The number of benzene rings is 2. The Morgan fingerprint density at radius 1 is 1.27 bits per heavy atom. The van der Waals surface area contributed by atoms with Crippen LogP contribution in [0.25, 0.3) is 6.08 Å². The lowest BCUT2D eigenvalue weighted by molar-refractivity contribution is -0.127. The zero-order valence-electron chi connectivity index (χ0n) is 18.9. The minimum atomic E-state index is -0.659. The summed E-state index contributed by atoms with van der Waals surface area (Å²) in [5.41, 5.74) is 2.26. The van der Waals surface area contributed by atoms with Gasteiger partial charge in [0.05, 0.1) is 17.7 Å². The van der Waals surface area contributed by atoms with Gasteiger partial charge in [0.25, 0.3) is 5.91 Å². The Morgan fingerprint density at radius 3 is 2.70 bits per heavy atom. The monoisotopic (exact) mass is 515 g/mol. The lowest BCUT2D eigenvalue weighted by Crippen LogP contribution is -2.38. The van der Waals surface area contributed by atoms with Crippen LogP contribution in [0.4, 0.5) is 10.5 Å². The van der Waals surface area contributed by atoms with Gasteiger partial charge in [0.2, 0.25) is 5.91 Å². The molecule has 2 aromatic rings. The zero-order valence-corrected chi connectivity index (χ0v) is 20.5. The number of nitrogens with one attached hydrogen (secondary N) is 2. The van der Waals surface area contributed by atoms with Crippen LogP contribution in [-0.2, 0) is 9.59 Å². The summed E-state index contributed by atoms with van der Waals surface area (Å²) >= 11 is 3.48. The molecule has 0 aromatic heterocycles. The summed E-state index contributed by atoms with van der Waals surface area (Å²) in [7, 11) is 1.53. The first-order chi connectivity index (χ1) is 15.7. The van der Waals surface area contributed by atoms with Crippen LogP contribution in [0.1, 0.15) is 31.4 Å². The summed E-state index contributed by atoms with van der Waals surface area (Å²) in [5, 5.41) is 5.22. The fraction of sp³-hybridized carbons (Fsp3) is 0.292. The molecule has 0 saturated carbocycles. The molecular weight excluding hydrogens is 490 g/mol. The highest BCUT2D eigenvalue weighted by molar-refractivity contribution is 9.10. The summed E-state index contributed by atoms with van der Waals surface area (Å²) in [5.74, 6) is -0.0105. The lowest BCUT2D eigenvalue weighted by atomic mass is 10.1. The number of carbonyl (C=O) groups is 3. The minimum absolute atomic E-state index is 0.00499. The average molecular weight is 516 g/mol. The van der Waals surface area contributed by atoms with E-state index < -0.39 is 24.4 Å². The summed E-state index contributed by atoms with van der Waals surface area (Å²) < 4.78 is 12.0. The van der Waals surface area contributed by atoms with Crippen LogP contribution in [-0.4, -0.2) is 42.5 Å². The Bertz CT molecular complexity index is 1120. The van der Waals surface area contributed by atoms with E-state index in [2.05, 4.69) is 26.6 Å². The maximum absolute atomic E-state index is 12.8. The summed E-state index contributed by atoms with van der Waals surface area (Å²) in [6.07, 6.45) is 2.35. The quantitative estimate of drug-likeness (QED) is 0.399. The van der Waals surface area contributed by atoms with Crippen molar-refractivity contribution < 1.29 is 23.9 Å². The van der Waals surface area contributed by atoms with Gasteiger partial charge in [0.1, 0.15) is 12.2 Å². The SMILES string of the molecule is CC[C@@H](C)Oc1c(Br)cc(/C=C2/NC(=O)N(CC(=O)Nc3cccc(C)c3)C2=O)cc1OC. The smallest absolute Gasteiger partial charge is 0.329 e. The van der Waals surface area contributed by atoms with E-state index in [1.807, 2.05) is 32.9 Å². The van der Waals surface area contributed by atoms with Crippen LogP contribution in [0.15, 0.2) is 46.6 Å². The van der Waals surface area contributed by atoms with Crippen molar-refractivity contribution in [1.29, 1.82) is 0 Å². The van der Waals surface area contributed by atoms with Crippen LogP contribution in [0.5, 0.6) is 11.5 Å². The lowest BCUT2D eigenvalue weighted by Gasteiger charge is -2.17. The third-order valence-electron chi connectivity index (χ3n) is 5.02. The molecule has 0 aliphatic carbocycles. The van der Waals surface area contributed by atoms with E-state index in [0.717, 1.165) is 16.9 Å². The third kappa shape index (κ3) is 5.92. The van der Waals surface area contributed by atoms with Crippen molar-refractivity contribution in [1.82, 2.24) is 10.2 Å². The van der Waals surface area contributed by atoms with Gasteiger partial charge in [-0.05, 0) is 77.7 Å². The molecule has 0 bridgehead atoms. The second kappa shape index (κ2) is 10.5. The van der Waals surface area contributed by atoms with Crippen molar-refractivity contribution in [3.05, 3.63) is 57.7 Å². The van der Waals surface area contributed by atoms with Crippen LogP contribution in [0, 0.1) is 6.92 Å². The van der Waals surface area contributed by atoms with Gasteiger partial charge in [0, 0.05) is 5.69 Å². The molecule has 33 heavy (non-hydrogen) atoms. The van der Waals surface area contributed by atoms with E-state index in [1.54, 1.807) is 24.3 Å². The number of methoxy groups -OCH3 is 1. The third-order valence-corrected chi connectivity index (χ3v) is 5.61. The molecule has 2 aromatic carbocycles. The van der Waals surface area contributed by atoms with E-state index >= 15 is 0 Å². The maximum Gasteiger partial charge on any atom is 0.329 e. The van der Waals surface area contributed by atoms with Gasteiger partial charge in [-0.25, -0.2) is 9.69 Å². The number of halogens is 1. The van der Waals surface area contributed by atoms with Crippen LogP contribution in [0.3, 0.4) is 0 Å². The van der Waals surface area contributed by atoms with Crippen molar-refractivity contribution in [2.75, 3.05) is 19.0 Å². The van der Waals surface area contributed by atoms with E-state index in [-0.39, 0.29) is 11.8 Å². The molecule has 8 nitrogen and oxygen atoms in total. The van der Waals surface area contributed by atoms with Crippen molar-refractivity contribution in [3.63, 3.8) is 0 Å². The topological polar surface area (TPSA) is 97.0 Å². The van der Waals surface area contributed by atoms with Crippen LogP contribution < -0.4 is 20.1 Å². The van der Waals surface area contributed by atoms with Crippen molar-refractivity contribution >= 4 is 45.5 Å². The van der Waals surface area contributed by atoms with E-state index in [0.29, 0.717) is 27.2 Å². The van der Waals surface area contributed by atoms with E-state index in [4.69, 9.17) is 9.47 Å². The highest BCUT2D eigenvalue weighted by Crippen LogP contribution is 2.38. The zero-order chi connectivity index (χ0) is 24.1. The van der Waals surface area contributed by atoms with Crippen LogP contribution in [0.2, 0.25) is 0 Å². The molecule has 174 valence electrons. The Labute approximate surface area is 201 Å². The number of urea groups is 1. The fourth-order valence-electron chi connectivity index (χ4n) is 3.17. The summed E-state index contributed by atoms with van der Waals surface area (Å²) in [6.45, 7) is 5.48. The summed E-state index contributed by atoms with van der Waals surface area (Å²) in [4.78, 5) is 38.4. The number of rotatable bonds is 8. The van der Waals surface area contributed by atoms with Crippen LogP contribution >= 0.6 is 15.9 Å². The number of ether oxygens (including phenoxy) is 2. The number of imide groups is 1. The Balaban J connectivity index is 1.76. The molecule has 0 spiro atoms. The van der Waals surface area contributed by atoms with Gasteiger partial charge in [-0.3, -0.25) is 9.59 Å². The van der Waals surface area contributed by atoms with Gasteiger partial charge >= 0.3 is 6.03 Å². The number of nitrogens with zero attached hydrogens (tertiary/aromatic N) is 1. The molecule has 1 fully saturated rings. The first-order valence-corrected chi connectivity index (χ1v) is 11.3. The molecule has 0 unspecified atom stereocenters. The average Bonchev–Trinajstić information content (AvgIpc) is 3.02. The molecule has 2 N–H and O–H groups in total. The Hall–Kier alpha value is -3.33. The molecule has 1 heterocycles. The predicted molar refractivity (Wildman–Crippen MR) is 129 cm³/mol. The molecule has 4 amide bonds. The fourth-order valence-corrected chi connectivity index (χ4v) is 3.72. The number of hydrogen-bond acceptors (Lipinski definition) is 5. The second-order valence-corrected chi connectivity index (χ2v) is 8.52. The normalized spacial score (nSPS) is 15.4. The van der Waals surface area contributed by atoms with Gasteiger partial charge in [0.15, 0.2) is 11.5 Å². The number of carbonyl (C=O) groups excluding carboxylic acids is 3.